The van der Waals surface area contributed by atoms with Crippen LogP contribution in [0, 0.1) is 19.3 Å². The number of aromatic nitrogens is 1. The van der Waals surface area contributed by atoms with Crippen molar-refractivity contribution in [2.24, 2.45) is 5.41 Å². The highest BCUT2D eigenvalue weighted by atomic mass is 35.5. The molecule has 1 aromatic heterocycles. The Bertz CT molecular complexity index is 1530. The summed E-state index contributed by atoms with van der Waals surface area (Å²) in [5.41, 5.74) is 8.64. The SMILES string of the molecule is Cc1nc(C)c([C@H](OC(C)(C)C)C(=O)O)c(N2CCC(C)(C)CC2)c1-c1ccc2c(c1)CCN(Cc1cc(Cl)cc(Cl)c1)C2. The molecule has 236 valence electrons. The largest absolute Gasteiger partial charge is 0.479 e. The van der Waals surface area contributed by atoms with Gasteiger partial charge < -0.3 is 14.7 Å². The van der Waals surface area contributed by atoms with Crippen molar-refractivity contribution in [1.29, 1.82) is 0 Å². The third-order valence-electron chi connectivity index (χ3n) is 8.88. The van der Waals surface area contributed by atoms with Crippen LogP contribution in [0.5, 0.6) is 0 Å². The summed E-state index contributed by atoms with van der Waals surface area (Å²) >= 11 is 12.5. The van der Waals surface area contributed by atoms with Crippen LogP contribution in [0.2, 0.25) is 10.0 Å². The van der Waals surface area contributed by atoms with Crippen molar-refractivity contribution in [3.05, 3.63) is 80.1 Å². The second kappa shape index (κ2) is 12.6. The number of benzene rings is 2. The molecule has 2 aliphatic heterocycles. The number of nitrogens with zero attached hydrogens (tertiary/aromatic N) is 3. The lowest BCUT2D eigenvalue weighted by Crippen LogP contribution is -2.39. The highest BCUT2D eigenvalue weighted by Gasteiger charge is 2.36. The molecule has 0 bridgehead atoms. The molecule has 8 heteroatoms. The summed E-state index contributed by atoms with van der Waals surface area (Å²) in [5, 5.41) is 11.8. The van der Waals surface area contributed by atoms with Crippen LogP contribution in [-0.4, -0.2) is 46.2 Å². The fourth-order valence-electron chi connectivity index (χ4n) is 6.62. The topological polar surface area (TPSA) is 65.9 Å². The fourth-order valence-corrected chi connectivity index (χ4v) is 7.19. The molecule has 6 nitrogen and oxygen atoms in total. The molecular weight excluding hydrogens is 593 g/mol. The van der Waals surface area contributed by atoms with Crippen LogP contribution in [-0.2, 0) is 29.0 Å². The van der Waals surface area contributed by atoms with E-state index >= 15 is 0 Å². The third-order valence-corrected chi connectivity index (χ3v) is 9.32. The summed E-state index contributed by atoms with van der Waals surface area (Å²) in [7, 11) is 0. The van der Waals surface area contributed by atoms with Gasteiger partial charge >= 0.3 is 5.97 Å². The van der Waals surface area contributed by atoms with Crippen LogP contribution in [0.4, 0.5) is 5.69 Å². The first kappa shape index (κ1) is 32.7. The molecule has 3 aromatic rings. The summed E-state index contributed by atoms with van der Waals surface area (Å²) in [6, 6.07) is 12.4. The first-order chi connectivity index (χ1) is 20.6. The molecule has 1 N–H and O–H groups in total. The van der Waals surface area contributed by atoms with Crippen molar-refractivity contribution in [1.82, 2.24) is 9.88 Å². The molecule has 0 saturated carbocycles. The van der Waals surface area contributed by atoms with Gasteiger partial charge in [-0.1, -0.05) is 55.2 Å². The lowest BCUT2D eigenvalue weighted by Gasteiger charge is -2.41. The molecule has 1 saturated heterocycles. The molecule has 2 aromatic carbocycles. The van der Waals surface area contributed by atoms with E-state index in [1.807, 2.05) is 46.8 Å². The summed E-state index contributed by atoms with van der Waals surface area (Å²) in [5.74, 6) is -0.996. The zero-order chi connectivity index (χ0) is 32.0. The zero-order valence-corrected chi connectivity index (χ0v) is 28.6. The monoisotopic (exact) mass is 637 g/mol. The van der Waals surface area contributed by atoms with Crippen LogP contribution >= 0.6 is 23.2 Å². The van der Waals surface area contributed by atoms with Crippen molar-refractivity contribution >= 4 is 34.9 Å². The molecular formula is C36H45Cl2N3O3. The van der Waals surface area contributed by atoms with Gasteiger partial charge in [-0.05, 0) is 99.7 Å². The number of carbonyl (C=O) groups is 1. The van der Waals surface area contributed by atoms with Crippen LogP contribution in [0.25, 0.3) is 11.1 Å². The standard InChI is InChI=1S/C36H45Cl2N3O3/c1-22-30(26-8-9-27-21-40(13-10-25(27)18-26)20-24-16-28(37)19-29(38)17-24)32(41-14-11-36(6,7)12-15-41)31(23(2)39-22)33(34(42)43)44-35(3,4)5/h8-9,16-19,33H,10-15,20-21H2,1-7H3,(H,42,43)/t33-/m0/s1. The van der Waals surface area contributed by atoms with Gasteiger partial charge in [0.05, 0.1) is 11.3 Å². The van der Waals surface area contributed by atoms with E-state index < -0.39 is 17.7 Å². The van der Waals surface area contributed by atoms with E-state index in [9.17, 15) is 9.90 Å². The van der Waals surface area contributed by atoms with Gasteiger partial charge in [0.2, 0.25) is 0 Å². The number of hydrogen-bond acceptors (Lipinski definition) is 5. The van der Waals surface area contributed by atoms with E-state index in [0.29, 0.717) is 21.3 Å². The Morgan fingerprint density at radius 1 is 1.00 bits per heavy atom. The average molecular weight is 639 g/mol. The first-order valence-electron chi connectivity index (χ1n) is 15.6. The summed E-state index contributed by atoms with van der Waals surface area (Å²) in [6.07, 6.45) is 1.85. The fraction of sp³-hybridized carbons (Fsp3) is 0.500. The van der Waals surface area contributed by atoms with Crippen molar-refractivity contribution in [2.45, 2.75) is 92.5 Å². The Hall–Kier alpha value is -2.64. The number of halogens is 2. The van der Waals surface area contributed by atoms with Gasteiger partial charge in [0, 0.05) is 65.3 Å². The van der Waals surface area contributed by atoms with Crippen molar-refractivity contribution in [2.75, 3.05) is 24.5 Å². The smallest absolute Gasteiger partial charge is 0.337 e. The number of carboxylic acid groups (broad SMARTS) is 1. The predicted octanol–water partition coefficient (Wildman–Crippen LogP) is 8.80. The molecule has 2 aliphatic rings. The van der Waals surface area contributed by atoms with Gasteiger partial charge in [-0.15, -0.1) is 0 Å². The minimum absolute atomic E-state index is 0.246. The maximum atomic E-state index is 12.8. The lowest BCUT2D eigenvalue weighted by molar-refractivity contribution is -0.160. The van der Waals surface area contributed by atoms with E-state index in [2.05, 4.69) is 41.8 Å². The Balaban J connectivity index is 1.56. The average Bonchev–Trinajstić information content (AvgIpc) is 2.90. The van der Waals surface area contributed by atoms with E-state index in [1.165, 1.54) is 11.1 Å². The van der Waals surface area contributed by atoms with E-state index in [-0.39, 0.29) is 5.41 Å². The van der Waals surface area contributed by atoms with E-state index in [1.54, 1.807) is 6.07 Å². The number of carboxylic acids is 1. The Morgan fingerprint density at radius 3 is 2.27 bits per heavy atom. The normalized spacial score (nSPS) is 17.8. The molecule has 0 aliphatic carbocycles. The molecule has 1 atom stereocenters. The summed E-state index contributed by atoms with van der Waals surface area (Å²) in [4.78, 5) is 22.6. The van der Waals surface area contributed by atoms with E-state index in [4.69, 9.17) is 32.9 Å². The summed E-state index contributed by atoms with van der Waals surface area (Å²) in [6.45, 7) is 18.5. The highest BCUT2D eigenvalue weighted by Crippen LogP contribution is 2.45. The number of aryl methyl sites for hydroxylation is 2. The number of piperidine rings is 1. The van der Waals surface area contributed by atoms with Crippen molar-refractivity contribution in [3.8, 4) is 11.1 Å². The molecule has 0 radical (unpaired) electrons. The van der Waals surface area contributed by atoms with Gasteiger partial charge in [0.15, 0.2) is 6.10 Å². The molecule has 3 heterocycles. The van der Waals surface area contributed by atoms with Crippen molar-refractivity contribution < 1.29 is 14.6 Å². The Kier molecular flexibility index (Phi) is 9.40. The quantitative estimate of drug-likeness (QED) is 0.279. The minimum atomic E-state index is -1.13. The second-order valence-corrected chi connectivity index (χ2v) is 15.1. The number of hydrogen-bond donors (Lipinski definition) is 1. The van der Waals surface area contributed by atoms with Gasteiger partial charge in [-0.3, -0.25) is 9.88 Å². The minimum Gasteiger partial charge on any atom is -0.479 e. The number of anilines is 1. The molecule has 5 rings (SSSR count). The summed E-state index contributed by atoms with van der Waals surface area (Å²) < 4.78 is 6.25. The number of fused-ring (bicyclic) bond motifs is 1. The molecule has 0 unspecified atom stereocenters. The number of ether oxygens (including phenoxy) is 1. The van der Waals surface area contributed by atoms with Crippen LogP contribution < -0.4 is 4.90 Å². The van der Waals surface area contributed by atoms with Gasteiger partial charge in [-0.2, -0.15) is 0 Å². The lowest BCUT2D eigenvalue weighted by atomic mass is 9.81. The van der Waals surface area contributed by atoms with Gasteiger partial charge in [-0.25, -0.2) is 4.79 Å². The molecule has 0 amide bonds. The maximum Gasteiger partial charge on any atom is 0.337 e. The van der Waals surface area contributed by atoms with Crippen molar-refractivity contribution in [3.63, 3.8) is 0 Å². The Labute approximate surface area is 272 Å². The molecule has 0 spiro atoms. The van der Waals surface area contributed by atoms with Crippen LogP contribution in [0.3, 0.4) is 0 Å². The number of pyridine rings is 1. The van der Waals surface area contributed by atoms with Gasteiger partial charge in [0.1, 0.15) is 0 Å². The van der Waals surface area contributed by atoms with Gasteiger partial charge in [0.25, 0.3) is 0 Å². The third kappa shape index (κ3) is 7.42. The Morgan fingerprint density at radius 2 is 1.66 bits per heavy atom. The van der Waals surface area contributed by atoms with E-state index in [0.717, 1.165) is 80.1 Å². The molecule has 44 heavy (non-hydrogen) atoms. The predicted molar refractivity (Wildman–Crippen MR) is 180 cm³/mol. The zero-order valence-electron chi connectivity index (χ0n) is 27.1. The second-order valence-electron chi connectivity index (χ2n) is 14.2. The highest BCUT2D eigenvalue weighted by molar-refractivity contribution is 6.34. The van der Waals surface area contributed by atoms with Crippen LogP contribution in [0.1, 0.15) is 87.2 Å². The van der Waals surface area contributed by atoms with Crippen LogP contribution in [0.15, 0.2) is 36.4 Å². The maximum absolute atomic E-state index is 12.8. The number of rotatable bonds is 7. The first-order valence-corrected chi connectivity index (χ1v) is 16.3. The number of aliphatic carboxylic acids is 1. The molecule has 1 fully saturated rings.